The van der Waals surface area contributed by atoms with Crippen LogP contribution in [0.4, 0.5) is 0 Å². The second kappa shape index (κ2) is 4.11. The Kier molecular flexibility index (Phi) is 3.04. The van der Waals surface area contributed by atoms with Gasteiger partial charge in [0.05, 0.1) is 5.92 Å². The number of carboxylic acid groups (broad SMARTS) is 1. The zero-order chi connectivity index (χ0) is 12.8. The van der Waals surface area contributed by atoms with Crippen molar-refractivity contribution in [2.45, 2.75) is 46.5 Å². The summed E-state index contributed by atoms with van der Waals surface area (Å²) in [6, 6.07) is 0. The fraction of sp³-hybridized carbons (Fsp3) is 0.857. The van der Waals surface area contributed by atoms with Gasteiger partial charge >= 0.3 is 5.97 Å². The van der Waals surface area contributed by atoms with Gasteiger partial charge in [-0.3, -0.25) is 9.59 Å². The average molecular weight is 238 g/mol. The molecule has 17 heavy (non-hydrogen) atoms. The van der Waals surface area contributed by atoms with Gasteiger partial charge in [-0.25, -0.2) is 0 Å². The molecule has 0 aromatic heterocycles. The molecule has 2 saturated carbocycles. The van der Waals surface area contributed by atoms with Gasteiger partial charge in [0.1, 0.15) is 5.78 Å². The van der Waals surface area contributed by atoms with E-state index in [0.717, 1.165) is 12.8 Å². The molecule has 0 aliphatic heterocycles. The molecule has 3 heteroatoms. The highest BCUT2D eigenvalue weighted by Gasteiger charge is 2.48. The minimum atomic E-state index is -0.720. The number of carbonyl (C=O) groups is 2. The van der Waals surface area contributed by atoms with Crippen LogP contribution in [-0.2, 0) is 9.59 Å². The average Bonchev–Trinajstić information content (AvgIpc) is 2.14. The van der Waals surface area contributed by atoms with Crippen LogP contribution in [0.3, 0.4) is 0 Å². The maximum atomic E-state index is 12.2. The van der Waals surface area contributed by atoms with Crippen LogP contribution in [-0.4, -0.2) is 16.9 Å². The Labute approximate surface area is 103 Å². The van der Waals surface area contributed by atoms with Gasteiger partial charge < -0.3 is 5.11 Å². The molecule has 0 saturated heterocycles. The maximum absolute atomic E-state index is 12.2. The van der Waals surface area contributed by atoms with Crippen molar-refractivity contribution in [1.29, 1.82) is 0 Å². The number of fused-ring (bicyclic) bond motifs is 2. The standard InChI is InChI=1S/C14H22O3/c1-14(2,3)11-5-4-8-6-9(13(16)17)7-10(11)12(8)15/h8-11H,4-7H2,1-3H3,(H,16,17)/t8-,9+,10-,11+/m1/s1. The first-order valence-electron chi connectivity index (χ1n) is 6.57. The Balaban J connectivity index is 2.22. The molecule has 96 valence electrons. The lowest BCUT2D eigenvalue weighted by Crippen LogP contribution is -2.46. The van der Waals surface area contributed by atoms with Gasteiger partial charge in [0.25, 0.3) is 0 Å². The van der Waals surface area contributed by atoms with Crippen LogP contribution < -0.4 is 0 Å². The first kappa shape index (κ1) is 12.6. The number of Topliss-reactive ketones (excluding diaryl/α,β-unsaturated/α-hetero) is 1. The molecule has 2 bridgehead atoms. The molecule has 1 N–H and O–H groups in total. The summed E-state index contributed by atoms with van der Waals surface area (Å²) in [4.78, 5) is 23.4. The summed E-state index contributed by atoms with van der Waals surface area (Å²) in [7, 11) is 0. The third-order valence-electron chi connectivity index (χ3n) is 4.65. The second-order valence-corrected chi connectivity index (χ2v) is 6.76. The van der Waals surface area contributed by atoms with E-state index in [0.29, 0.717) is 24.5 Å². The first-order chi connectivity index (χ1) is 7.80. The molecule has 0 radical (unpaired) electrons. The summed E-state index contributed by atoms with van der Waals surface area (Å²) in [5.41, 5.74) is 0.103. The molecule has 2 fully saturated rings. The molecule has 0 aromatic rings. The smallest absolute Gasteiger partial charge is 0.306 e. The molecule has 0 spiro atoms. The topological polar surface area (TPSA) is 54.4 Å². The zero-order valence-electron chi connectivity index (χ0n) is 10.9. The molecule has 0 heterocycles. The van der Waals surface area contributed by atoms with E-state index in [1.165, 1.54) is 0 Å². The quantitative estimate of drug-likeness (QED) is 0.764. The number of hydrogen-bond donors (Lipinski definition) is 1. The number of carboxylic acids is 1. The van der Waals surface area contributed by atoms with Crippen LogP contribution in [0.15, 0.2) is 0 Å². The Morgan fingerprint density at radius 3 is 2.41 bits per heavy atom. The molecule has 4 atom stereocenters. The molecule has 3 nitrogen and oxygen atoms in total. The number of hydrogen-bond acceptors (Lipinski definition) is 2. The zero-order valence-corrected chi connectivity index (χ0v) is 10.9. The Bertz CT molecular complexity index is 340. The van der Waals surface area contributed by atoms with Crippen molar-refractivity contribution in [1.82, 2.24) is 0 Å². The largest absolute Gasteiger partial charge is 0.481 e. The van der Waals surface area contributed by atoms with Gasteiger partial charge in [-0.1, -0.05) is 20.8 Å². The number of ketones is 1. The molecule has 2 rings (SSSR count). The van der Waals surface area contributed by atoms with Crippen molar-refractivity contribution in [3.8, 4) is 0 Å². The van der Waals surface area contributed by atoms with E-state index in [1.54, 1.807) is 0 Å². The summed E-state index contributed by atoms with van der Waals surface area (Å²) in [5.74, 6) is -0.311. The molecule has 0 aromatic carbocycles. The van der Waals surface area contributed by atoms with Crippen LogP contribution in [0.25, 0.3) is 0 Å². The van der Waals surface area contributed by atoms with Crippen molar-refractivity contribution in [2.24, 2.45) is 29.1 Å². The third kappa shape index (κ3) is 2.24. The highest BCUT2D eigenvalue weighted by molar-refractivity contribution is 5.87. The van der Waals surface area contributed by atoms with Crippen molar-refractivity contribution >= 4 is 11.8 Å². The summed E-state index contributed by atoms with van der Waals surface area (Å²) in [5, 5.41) is 9.16. The summed E-state index contributed by atoms with van der Waals surface area (Å²) >= 11 is 0. The molecule has 0 amide bonds. The second-order valence-electron chi connectivity index (χ2n) is 6.76. The van der Waals surface area contributed by atoms with E-state index in [9.17, 15) is 9.59 Å². The molecular formula is C14H22O3. The van der Waals surface area contributed by atoms with Gasteiger partial charge in [-0.15, -0.1) is 0 Å². The SMILES string of the molecule is CC(C)(C)[C@H]1CC[C@@H]2C[C@H](C(=O)O)C[C@H]1C2=O. The normalized spacial score (nSPS) is 37.9. The van der Waals surface area contributed by atoms with Gasteiger partial charge in [0.2, 0.25) is 0 Å². The van der Waals surface area contributed by atoms with E-state index in [1.807, 2.05) is 0 Å². The number of aliphatic carboxylic acids is 1. The monoisotopic (exact) mass is 238 g/mol. The third-order valence-corrected chi connectivity index (χ3v) is 4.65. The van der Waals surface area contributed by atoms with E-state index in [2.05, 4.69) is 20.8 Å². The van der Waals surface area contributed by atoms with Gasteiger partial charge in [-0.2, -0.15) is 0 Å². The van der Waals surface area contributed by atoms with Crippen LogP contribution >= 0.6 is 0 Å². The number of carbonyl (C=O) groups excluding carboxylic acids is 1. The molecule has 2 aliphatic carbocycles. The van der Waals surface area contributed by atoms with Crippen molar-refractivity contribution in [3.63, 3.8) is 0 Å². The lowest BCUT2D eigenvalue weighted by Gasteiger charge is -2.46. The lowest BCUT2D eigenvalue weighted by molar-refractivity contribution is -0.151. The Hall–Kier alpha value is -0.860. The number of rotatable bonds is 1. The summed E-state index contributed by atoms with van der Waals surface area (Å²) < 4.78 is 0. The maximum Gasteiger partial charge on any atom is 0.306 e. The summed E-state index contributed by atoms with van der Waals surface area (Å²) in [6.45, 7) is 6.49. The molecule has 0 unspecified atom stereocenters. The fourth-order valence-corrected chi connectivity index (χ4v) is 3.72. The fourth-order valence-electron chi connectivity index (χ4n) is 3.72. The highest BCUT2D eigenvalue weighted by Crippen LogP contribution is 2.49. The van der Waals surface area contributed by atoms with Gasteiger partial charge in [0, 0.05) is 11.8 Å². The van der Waals surface area contributed by atoms with Gasteiger partial charge in [0.15, 0.2) is 0 Å². The Morgan fingerprint density at radius 2 is 1.88 bits per heavy atom. The van der Waals surface area contributed by atoms with E-state index in [-0.39, 0.29) is 23.2 Å². The van der Waals surface area contributed by atoms with E-state index >= 15 is 0 Å². The van der Waals surface area contributed by atoms with E-state index in [4.69, 9.17) is 5.11 Å². The van der Waals surface area contributed by atoms with Gasteiger partial charge in [-0.05, 0) is 37.0 Å². The first-order valence-corrected chi connectivity index (χ1v) is 6.57. The Morgan fingerprint density at radius 1 is 1.24 bits per heavy atom. The van der Waals surface area contributed by atoms with Crippen molar-refractivity contribution in [3.05, 3.63) is 0 Å². The predicted molar refractivity (Wildman–Crippen MR) is 64.5 cm³/mol. The predicted octanol–water partition coefficient (Wildman–Crippen LogP) is 2.74. The van der Waals surface area contributed by atoms with Crippen molar-refractivity contribution in [2.75, 3.05) is 0 Å². The van der Waals surface area contributed by atoms with Crippen LogP contribution in [0.2, 0.25) is 0 Å². The molecule has 2 aliphatic rings. The van der Waals surface area contributed by atoms with Crippen molar-refractivity contribution < 1.29 is 14.7 Å². The minimum Gasteiger partial charge on any atom is -0.481 e. The van der Waals surface area contributed by atoms with Crippen LogP contribution in [0.1, 0.15) is 46.5 Å². The van der Waals surface area contributed by atoms with Crippen LogP contribution in [0.5, 0.6) is 0 Å². The molecular weight excluding hydrogens is 216 g/mol. The highest BCUT2D eigenvalue weighted by atomic mass is 16.4. The minimum absolute atomic E-state index is 0.0106. The lowest BCUT2D eigenvalue weighted by atomic mass is 9.57. The van der Waals surface area contributed by atoms with E-state index < -0.39 is 5.97 Å². The van der Waals surface area contributed by atoms with Crippen LogP contribution in [0, 0.1) is 29.1 Å². The summed E-state index contributed by atoms with van der Waals surface area (Å²) in [6.07, 6.45) is 3.10.